The predicted octanol–water partition coefficient (Wildman–Crippen LogP) is 3.93. The number of rotatable bonds is 6. The maximum Gasteiger partial charge on any atom is 0.316 e. The maximum absolute atomic E-state index is 12.6. The van der Waals surface area contributed by atoms with Crippen LogP contribution in [-0.4, -0.2) is 36.3 Å². The summed E-state index contributed by atoms with van der Waals surface area (Å²) in [5, 5.41) is 0. The lowest BCUT2D eigenvalue weighted by atomic mass is 10.3. The number of hydrogen-bond donors (Lipinski definition) is 0. The summed E-state index contributed by atoms with van der Waals surface area (Å²) in [5.41, 5.74) is 1.18. The summed E-state index contributed by atoms with van der Waals surface area (Å²) in [5.74, 6) is -0.592. The normalized spacial score (nSPS) is 11.7. The molecule has 0 unspecified atom stereocenters. The number of carbonyl (C=O) groups excluding carboxylic acids is 2. The van der Waals surface area contributed by atoms with E-state index >= 15 is 0 Å². The Morgan fingerprint density at radius 1 is 1.22 bits per heavy atom. The smallest absolute Gasteiger partial charge is 0.316 e. The van der Waals surface area contributed by atoms with E-state index in [0.717, 1.165) is 6.04 Å². The molecule has 0 saturated carbocycles. The second kappa shape index (κ2) is 7.08. The zero-order valence-corrected chi connectivity index (χ0v) is 15.3. The summed E-state index contributed by atoms with van der Waals surface area (Å²) < 4.78 is 5.51. The fourth-order valence-corrected chi connectivity index (χ4v) is 3.22. The van der Waals surface area contributed by atoms with Crippen molar-refractivity contribution in [3.8, 4) is 0 Å². The van der Waals surface area contributed by atoms with Crippen LogP contribution in [0.5, 0.6) is 0 Å². The van der Waals surface area contributed by atoms with Crippen molar-refractivity contribution < 1.29 is 14.0 Å². The lowest BCUT2D eigenvalue weighted by Crippen LogP contribution is -2.38. The summed E-state index contributed by atoms with van der Waals surface area (Å²) in [6.07, 6.45) is 1.12. The number of hydrogen-bond acceptors (Lipinski definition) is 4. The first-order valence-corrected chi connectivity index (χ1v) is 11.7. The highest BCUT2D eigenvalue weighted by Crippen LogP contribution is 2.18. The Morgan fingerprint density at radius 3 is 2.52 bits per heavy atom. The second-order valence-electron chi connectivity index (χ2n) is 6.90. The van der Waals surface area contributed by atoms with E-state index in [4.69, 9.17) is 4.42 Å². The first-order chi connectivity index (χ1) is 10.8. The third kappa shape index (κ3) is 4.51. The summed E-state index contributed by atoms with van der Waals surface area (Å²) in [6, 6.07) is 8.07. The minimum Gasteiger partial charge on any atom is -0.432 e. The van der Waals surface area contributed by atoms with Crippen molar-refractivity contribution >= 4 is 31.0 Å². The van der Waals surface area contributed by atoms with Crippen LogP contribution >= 0.6 is 0 Å². The van der Waals surface area contributed by atoms with E-state index in [-0.39, 0.29) is 11.8 Å². The Bertz CT molecular complexity index is 670. The van der Waals surface area contributed by atoms with Gasteiger partial charge in [0.25, 0.3) is 5.89 Å². The van der Waals surface area contributed by atoms with Crippen LogP contribution in [0.15, 0.2) is 28.7 Å². The molecule has 0 aliphatic rings. The standard InChI is InChI=1S/C17H24N2O3Si/c1-5-11-19(15(20)10-12-23(2,3)4)17(21)16-18-13-8-6-7-9-14(13)22-16/h6-9H,5,10-12H2,1-4H3. The zero-order valence-electron chi connectivity index (χ0n) is 14.3. The van der Waals surface area contributed by atoms with Gasteiger partial charge in [-0.05, 0) is 24.6 Å². The maximum atomic E-state index is 12.6. The van der Waals surface area contributed by atoms with Crippen LogP contribution in [0.4, 0.5) is 0 Å². The SMILES string of the molecule is CCCN(C(=O)CC[Si](C)(C)C)C(=O)c1nc2ccccc2o1. The molecule has 2 rings (SSSR count). The molecule has 0 aliphatic carbocycles. The van der Waals surface area contributed by atoms with Gasteiger partial charge in [-0.3, -0.25) is 14.5 Å². The van der Waals surface area contributed by atoms with E-state index < -0.39 is 14.0 Å². The van der Waals surface area contributed by atoms with Crippen LogP contribution < -0.4 is 0 Å². The molecule has 2 aromatic rings. The number of imide groups is 1. The Hall–Kier alpha value is -1.95. The molecule has 1 aromatic carbocycles. The van der Waals surface area contributed by atoms with Crippen LogP contribution in [0.2, 0.25) is 25.7 Å². The fraction of sp³-hybridized carbons (Fsp3) is 0.471. The highest BCUT2D eigenvalue weighted by atomic mass is 28.3. The monoisotopic (exact) mass is 332 g/mol. The van der Waals surface area contributed by atoms with E-state index in [1.807, 2.05) is 19.1 Å². The number of benzene rings is 1. The van der Waals surface area contributed by atoms with Gasteiger partial charge in [0.05, 0.1) is 0 Å². The van der Waals surface area contributed by atoms with Crippen molar-refractivity contribution in [3.63, 3.8) is 0 Å². The van der Waals surface area contributed by atoms with Crippen LogP contribution in [-0.2, 0) is 4.79 Å². The number of amides is 2. The lowest BCUT2D eigenvalue weighted by molar-refractivity contribution is -0.128. The van der Waals surface area contributed by atoms with Crippen molar-refractivity contribution in [1.29, 1.82) is 0 Å². The minimum absolute atomic E-state index is 0.0130. The van der Waals surface area contributed by atoms with Crippen LogP contribution in [0.25, 0.3) is 11.1 Å². The van der Waals surface area contributed by atoms with Crippen LogP contribution in [0.1, 0.15) is 30.5 Å². The molecule has 0 fully saturated rings. The van der Waals surface area contributed by atoms with Gasteiger partial charge in [0.2, 0.25) is 5.91 Å². The molecule has 0 N–H and O–H groups in total. The highest BCUT2D eigenvalue weighted by molar-refractivity contribution is 6.76. The van der Waals surface area contributed by atoms with Gasteiger partial charge >= 0.3 is 5.91 Å². The molecule has 5 nitrogen and oxygen atoms in total. The van der Waals surface area contributed by atoms with Gasteiger partial charge in [0, 0.05) is 21.0 Å². The van der Waals surface area contributed by atoms with Crippen molar-refractivity contribution in [3.05, 3.63) is 30.2 Å². The second-order valence-corrected chi connectivity index (χ2v) is 12.5. The first kappa shape index (κ1) is 17.4. The average molecular weight is 332 g/mol. The highest BCUT2D eigenvalue weighted by Gasteiger charge is 2.27. The molecule has 2 amide bonds. The van der Waals surface area contributed by atoms with E-state index in [1.165, 1.54) is 4.90 Å². The molecule has 0 spiro atoms. The zero-order chi connectivity index (χ0) is 17.0. The van der Waals surface area contributed by atoms with Crippen molar-refractivity contribution in [2.75, 3.05) is 6.54 Å². The van der Waals surface area contributed by atoms with Crippen LogP contribution in [0.3, 0.4) is 0 Å². The Kier molecular flexibility index (Phi) is 5.36. The van der Waals surface area contributed by atoms with E-state index in [0.29, 0.717) is 30.5 Å². The summed E-state index contributed by atoms with van der Waals surface area (Å²) in [6.45, 7) is 8.98. The Balaban J connectivity index is 2.18. The third-order valence-corrected chi connectivity index (χ3v) is 5.31. The molecule has 1 heterocycles. The van der Waals surface area contributed by atoms with Crippen molar-refractivity contribution in [2.45, 2.75) is 45.5 Å². The van der Waals surface area contributed by atoms with E-state index in [1.54, 1.807) is 12.1 Å². The van der Waals surface area contributed by atoms with E-state index in [2.05, 4.69) is 24.6 Å². The number of carbonyl (C=O) groups is 2. The molecular formula is C17H24N2O3Si. The van der Waals surface area contributed by atoms with Crippen molar-refractivity contribution in [2.24, 2.45) is 0 Å². The summed E-state index contributed by atoms with van der Waals surface area (Å²) in [7, 11) is -1.33. The fourth-order valence-electron chi connectivity index (χ4n) is 2.26. The first-order valence-electron chi connectivity index (χ1n) is 8.02. The van der Waals surface area contributed by atoms with Gasteiger partial charge in [-0.1, -0.05) is 38.7 Å². The molecule has 0 atom stereocenters. The number of oxazole rings is 1. The molecule has 23 heavy (non-hydrogen) atoms. The molecular weight excluding hydrogens is 308 g/mol. The molecule has 124 valence electrons. The predicted molar refractivity (Wildman–Crippen MR) is 93.1 cm³/mol. The summed E-state index contributed by atoms with van der Waals surface area (Å²) in [4.78, 5) is 30.6. The molecule has 6 heteroatoms. The molecule has 0 aliphatic heterocycles. The molecule has 0 saturated heterocycles. The van der Waals surface area contributed by atoms with Gasteiger partial charge in [0.15, 0.2) is 5.58 Å². The van der Waals surface area contributed by atoms with Gasteiger partial charge in [-0.25, -0.2) is 4.98 Å². The van der Waals surface area contributed by atoms with Gasteiger partial charge in [-0.2, -0.15) is 0 Å². The number of para-hydroxylation sites is 2. The van der Waals surface area contributed by atoms with Gasteiger partial charge in [-0.15, -0.1) is 0 Å². The lowest BCUT2D eigenvalue weighted by Gasteiger charge is -2.21. The van der Waals surface area contributed by atoms with Crippen LogP contribution in [0, 0.1) is 0 Å². The Morgan fingerprint density at radius 2 is 1.91 bits per heavy atom. The van der Waals surface area contributed by atoms with Crippen molar-refractivity contribution in [1.82, 2.24) is 9.88 Å². The summed E-state index contributed by atoms with van der Waals surface area (Å²) >= 11 is 0. The number of fused-ring (bicyclic) bond motifs is 1. The average Bonchev–Trinajstić information content (AvgIpc) is 2.93. The topological polar surface area (TPSA) is 63.4 Å². The molecule has 0 bridgehead atoms. The molecule has 1 aromatic heterocycles. The largest absolute Gasteiger partial charge is 0.432 e. The quantitative estimate of drug-likeness (QED) is 0.752. The molecule has 0 radical (unpaired) electrons. The van der Waals surface area contributed by atoms with Gasteiger partial charge in [0.1, 0.15) is 5.52 Å². The number of nitrogens with zero attached hydrogens (tertiary/aromatic N) is 2. The minimum atomic E-state index is -1.33. The third-order valence-electron chi connectivity index (χ3n) is 3.56. The van der Waals surface area contributed by atoms with E-state index in [9.17, 15) is 9.59 Å². The number of aromatic nitrogens is 1. The van der Waals surface area contributed by atoms with Gasteiger partial charge < -0.3 is 4.42 Å². The Labute approximate surface area is 137 Å².